The van der Waals surface area contributed by atoms with E-state index in [4.69, 9.17) is 0 Å². The molecular weight excluding hydrogens is 204 g/mol. The van der Waals surface area contributed by atoms with Crippen molar-refractivity contribution in [2.24, 2.45) is 0 Å². The number of rotatable bonds is 1. The van der Waals surface area contributed by atoms with E-state index in [0.29, 0.717) is 17.1 Å². The van der Waals surface area contributed by atoms with Crippen molar-refractivity contribution in [1.82, 2.24) is 19.9 Å². The van der Waals surface area contributed by atoms with Crippen molar-refractivity contribution in [2.45, 2.75) is 0 Å². The minimum Gasteiger partial charge on any atom is -0.323 e. The average Bonchev–Trinajstić information content (AvgIpc) is 2.73. The molecule has 0 aliphatic carbocycles. The highest BCUT2D eigenvalue weighted by Crippen LogP contribution is 2.16. The molecule has 78 valence electrons. The van der Waals surface area contributed by atoms with Gasteiger partial charge < -0.3 is 9.97 Å². The zero-order valence-electron chi connectivity index (χ0n) is 8.27. The zero-order valence-corrected chi connectivity index (χ0v) is 8.27. The van der Waals surface area contributed by atoms with E-state index in [-0.39, 0.29) is 5.56 Å². The summed E-state index contributed by atoms with van der Waals surface area (Å²) in [4.78, 5) is 25.0. The Morgan fingerprint density at radius 3 is 2.69 bits per heavy atom. The number of imidazole rings is 1. The van der Waals surface area contributed by atoms with Crippen molar-refractivity contribution in [1.29, 1.82) is 0 Å². The van der Waals surface area contributed by atoms with Crippen molar-refractivity contribution < 1.29 is 0 Å². The summed E-state index contributed by atoms with van der Waals surface area (Å²) in [6.45, 7) is 0. The van der Waals surface area contributed by atoms with E-state index in [9.17, 15) is 4.79 Å². The van der Waals surface area contributed by atoms with E-state index in [2.05, 4.69) is 19.9 Å². The van der Waals surface area contributed by atoms with Crippen LogP contribution in [-0.2, 0) is 0 Å². The molecule has 5 nitrogen and oxygen atoms in total. The van der Waals surface area contributed by atoms with Crippen molar-refractivity contribution >= 4 is 11.3 Å². The topological polar surface area (TPSA) is 74.4 Å². The van der Waals surface area contributed by atoms with Gasteiger partial charge in [0.1, 0.15) is 5.82 Å². The molecule has 16 heavy (non-hydrogen) atoms. The van der Waals surface area contributed by atoms with Crippen LogP contribution in [0.1, 0.15) is 0 Å². The largest absolute Gasteiger partial charge is 0.323 e. The Hall–Kier alpha value is -2.43. The van der Waals surface area contributed by atoms with Gasteiger partial charge in [-0.2, -0.15) is 0 Å². The molecule has 0 saturated heterocycles. The molecule has 0 unspecified atom stereocenters. The molecule has 5 heteroatoms. The zero-order chi connectivity index (χ0) is 11.0. The Morgan fingerprint density at radius 1 is 1.06 bits per heavy atom. The molecule has 3 aromatic rings. The van der Waals surface area contributed by atoms with Crippen LogP contribution in [0, 0.1) is 0 Å². The van der Waals surface area contributed by atoms with Gasteiger partial charge >= 0.3 is 0 Å². The average molecular weight is 212 g/mol. The van der Waals surface area contributed by atoms with E-state index in [1.165, 1.54) is 6.20 Å². The van der Waals surface area contributed by atoms with Crippen LogP contribution in [0.5, 0.6) is 0 Å². The van der Waals surface area contributed by atoms with Crippen LogP contribution in [0.15, 0.2) is 41.3 Å². The van der Waals surface area contributed by atoms with Crippen LogP contribution < -0.4 is 5.56 Å². The van der Waals surface area contributed by atoms with Gasteiger partial charge in [-0.25, -0.2) is 9.97 Å². The molecule has 0 spiro atoms. The summed E-state index contributed by atoms with van der Waals surface area (Å²) < 4.78 is 0. The summed E-state index contributed by atoms with van der Waals surface area (Å²) in [5, 5.41) is 0. The molecule has 3 rings (SSSR count). The van der Waals surface area contributed by atoms with Gasteiger partial charge in [0.2, 0.25) is 0 Å². The van der Waals surface area contributed by atoms with Gasteiger partial charge in [-0.1, -0.05) is 30.3 Å². The number of hydrogen-bond donors (Lipinski definition) is 2. The Kier molecular flexibility index (Phi) is 1.83. The Morgan fingerprint density at radius 2 is 1.88 bits per heavy atom. The molecule has 0 aliphatic heterocycles. The molecule has 1 aromatic carbocycles. The number of H-pyrrole nitrogens is 2. The summed E-state index contributed by atoms with van der Waals surface area (Å²) in [6.07, 6.45) is 1.22. The van der Waals surface area contributed by atoms with Gasteiger partial charge in [-0.3, -0.25) is 4.79 Å². The maximum atomic E-state index is 11.1. The van der Waals surface area contributed by atoms with Gasteiger partial charge in [0.05, 0.1) is 6.20 Å². The van der Waals surface area contributed by atoms with Gasteiger partial charge in [0.15, 0.2) is 11.3 Å². The standard InChI is InChI=1S/C11H8N4O/c16-8-6-12-10-11(13-8)15-9(14-10)7-4-2-1-3-5-7/h1-6H,(H2,12,13,14,15,16). The lowest BCUT2D eigenvalue weighted by Crippen LogP contribution is -2.04. The number of hydrogen-bond acceptors (Lipinski definition) is 3. The third kappa shape index (κ3) is 1.38. The normalized spacial score (nSPS) is 10.8. The van der Waals surface area contributed by atoms with Crippen molar-refractivity contribution in [3.05, 3.63) is 46.9 Å². The van der Waals surface area contributed by atoms with E-state index in [0.717, 1.165) is 5.56 Å². The van der Waals surface area contributed by atoms with Gasteiger partial charge in [-0.05, 0) is 0 Å². The second-order valence-corrected chi connectivity index (χ2v) is 3.40. The van der Waals surface area contributed by atoms with Crippen LogP contribution >= 0.6 is 0 Å². The lowest BCUT2D eigenvalue weighted by molar-refractivity contribution is 1.19. The van der Waals surface area contributed by atoms with Gasteiger partial charge in [0.25, 0.3) is 5.56 Å². The van der Waals surface area contributed by atoms with Gasteiger partial charge in [0, 0.05) is 5.56 Å². The Bertz CT molecular complexity index is 684. The highest BCUT2D eigenvalue weighted by atomic mass is 16.1. The smallest absolute Gasteiger partial charge is 0.268 e. The molecule has 0 aliphatic rings. The summed E-state index contributed by atoms with van der Waals surface area (Å²) >= 11 is 0. The highest BCUT2D eigenvalue weighted by Gasteiger charge is 2.05. The maximum Gasteiger partial charge on any atom is 0.268 e. The second-order valence-electron chi connectivity index (χ2n) is 3.40. The van der Waals surface area contributed by atoms with Crippen LogP contribution in [0.3, 0.4) is 0 Å². The summed E-state index contributed by atoms with van der Waals surface area (Å²) in [7, 11) is 0. The van der Waals surface area contributed by atoms with Crippen LogP contribution in [0.2, 0.25) is 0 Å². The van der Waals surface area contributed by atoms with Crippen molar-refractivity contribution in [3.63, 3.8) is 0 Å². The summed E-state index contributed by atoms with van der Waals surface area (Å²) in [5.74, 6) is 0.699. The molecule has 2 heterocycles. The van der Waals surface area contributed by atoms with Crippen molar-refractivity contribution in [3.8, 4) is 11.4 Å². The minimum atomic E-state index is -0.240. The molecule has 0 saturated carbocycles. The predicted octanol–water partition coefficient (Wildman–Crippen LogP) is 1.31. The molecule has 0 amide bonds. The fraction of sp³-hybridized carbons (Fsp3) is 0. The SMILES string of the molecule is O=c1cnc2nc(-c3ccccc3)[nH]c2[nH]1. The second kappa shape index (κ2) is 3.30. The first-order chi connectivity index (χ1) is 7.83. The molecule has 0 atom stereocenters. The van der Waals surface area contributed by atoms with Crippen LogP contribution in [0.4, 0.5) is 0 Å². The summed E-state index contributed by atoms with van der Waals surface area (Å²) in [5.41, 5.74) is 1.78. The third-order valence-corrected chi connectivity index (χ3v) is 2.28. The molecular formula is C11H8N4O. The number of fused-ring (bicyclic) bond motifs is 1. The van der Waals surface area contributed by atoms with Crippen molar-refractivity contribution in [2.75, 3.05) is 0 Å². The molecule has 0 radical (unpaired) electrons. The fourth-order valence-corrected chi connectivity index (χ4v) is 1.55. The first-order valence-corrected chi connectivity index (χ1v) is 4.83. The quantitative estimate of drug-likeness (QED) is 0.638. The number of nitrogens with zero attached hydrogens (tertiary/aromatic N) is 2. The number of nitrogens with one attached hydrogen (secondary N) is 2. The fourth-order valence-electron chi connectivity index (χ4n) is 1.55. The van der Waals surface area contributed by atoms with E-state index in [1.807, 2.05) is 30.3 Å². The molecule has 0 fully saturated rings. The van der Waals surface area contributed by atoms with Crippen LogP contribution in [-0.4, -0.2) is 19.9 Å². The van der Waals surface area contributed by atoms with E-state index < -0.39 is 0 Å². The lowest BCUT2D eigenvalue weighted by Gasteiger charge is -1.92. The first-order valence-electron chi connectivity index (χ1n) is 4.83. The van der Waals surface area contributed by atoms with E-state index >= 15 is 0 Å². The monoisotopic (exact) mass is 212 g/mol. The number of benzene rings is 1. The summed E-state index contributed by atoms with van der Waals surface area (Å²) in [6, 6.07) is 9.68. The Labute approximate surface area is 90.2 Å². The van der Waals surface area contributed by atoms with Gasteiger partial charge in [-0.15, -0.1) is 0 Å². The molecule has 2 N–H and O–H groups in total. The van der Waals surface area contributed by atoms with E-state index in [1.54, 1.807) is 0 Å². The lowest BCUT2D eigenvalue weighted by atomic mass is 10.2. The predicted molar refractivity (Wildman–Crippen MR) is 59.9 cm³/mol. The Balaban J connectivity index is 2.23. The maximum absolute atomic E-state index is 11.1. The number of aromatic nitrogens is 4. The number of aromatic amines is 2. The third-order valence-electron chi connectivity index (χ3n) is 2.28. The molecule has 0 bridgehead atoms. The van der Waals surface area contributed by atoms with Crippen LogP contribution in [0.25, 0.3) is 22.7 Å². The molecule has 2 aromatic heterocycles. The first kappa shape index (κ1) is 8.84. The minimum absolute atomic E-state index is 0.240. The highest BCUT2D eigenvalue weighted by molar-refractivity contribution is 5.71.